The van der Waals surface area contributed by atoms with E-state index < -0.39 is 11.7 Å². The van der Waals surface area contributed by atoms with Crippen LogP contribution in [0.4, 0.5) is 13.2 Å². The molecule has 0 heterocycles. The molecular formula is C15H13F3O. The first-order valence-electron chi connectivity index (χ1n) is 5.74. The van der Waals surface area contributed by atoms with E-state index in [-0.39, 0.29) is 5.56 Å². The van der Waals surface area contributed by atoms with E-state index in [2.05, 4.69) is 0 Å². The van der Waals surface area contributed by atoms with Crippen LogP contribution in [-0.4, -0.2) is 7.11 Å². The van der Waals surface area contributed by atoms with Crippen LogP contribution in [0.25, 0.3) is 11.1 Å². The second-order valence-electron chi connectivity index (χ2n) is 4.22. The summed E-state index contributed by atoms with van der Waals surface area (Å²) in [6.07, 6.45) is -4.36. The maximum absolute atomic E-state index is 13.0. The van der Waals surface area contributed by atoms with Crippen molar-refractivity contribution >= 4 is 0 Å². The highest BCUT2D eigenvalue weighted by molar-refractivity contribution is 5.71. The van der Waals surface area contributed by atoms with Gasteiger partial charge in [0, 0.05) is 0 Å². The van der Waals surface area contributed by atoms with E-state index in [4.69, 9.17) is 4.74 Å². The first-order chi connectivity index (χ1) is 8.93. The number of ether oxygens (including phenoxy) is 1. The Hall–Kier alpha value is -1.97. The molecule has 0 N–H and O–H groups in total. The number of benzene rings is 2. The van der Waals surface area contributed by atoms with Gasteiger partial charge in [-0.2, -0.15) is 13.2 Å². The van der Waals surface area contributed by atoms with Gasteiger partial charge in [-0.25, -0.2) is 0 Å². The average Bonchev–Trinajstić information content (AvgIpc) is 2.37. The number of methoxy groups -OCH3 is 1. The number of hydrogen-bond donors (Lipinski definition) is 0. The minimum atomic E-state index is -4.36. The van der Waals surface area contributed by atoms with Crippen molar-refractivity contribution in [1.29, 1.82) is 0 Å². The largest absolute Gasteiger partial charge is 0.497 e. The summed E-state index contributed by atoms with van der Waals surface area (Å²) in [5.74, 6) is 0.630. The monoisotopic (exact) mass is 266 g/mol. The van der Waals surface area contributed by atoms with Crippen LogP contribution >= 0.6 is 0 Å². The molecule has 4 heteroatoms. The summed E-state index contributed by atoms with van der Waals surface area (Å²) in [5.41, 5.74) is 0.878. The molecule has 0 saturated heterocycles. The van der Waals surface area contributed by atoms with E-state index in [9.17, 15) is 13.2 Å². The number of hydrogen-bond acceptors (Lipinski definition) is 1. The summed E-state index contributed by atoms with van der Waals surface area (Å²) in [5, 5.41) is 0. The molecule has 2 rings (SSSR count). The van der Waals surface area contributed by atoms with Gasteiger partial charge in [-0.3, -0.25) is 0 Å². The molecule has 0 atom stereocenters. The predicted molar refractivity (Wildman–Crippen MR) is 68.2 cm³/mol. The molecule has 100 valence electrons. The summed E-state index contributed by atoms with van der Waals surface area (Å²) in [4.78, 5) is 0. The van der Waals surface area contributed by atoms with Crippen LogP contribution in [0.1, 0.15) is 11.1 Å². The van der Waals surface area contributed by atoms with Gasteiger partial charge >= 0.3 is 6.18 Å². The predicted octanol–water partition coefficient (Wildman–Crippen LogP) is 4.69. The highest BCUT2D eigenvalue weighted by Gasteiger charge is 2.33. The lowest BCUT2D eigenvalue weighted by molar-refractivity contribution is -0.137. The number of aryl methyl sites for hydroxylation is 1. The summed E-state index contributed by atoms with van der Waals surface area (Å²) in [6, 6.07) is 10.6. The van der Waals surface area contributed by atoms with Crippen molar-refractivity contribution < 1.29 is 17.9 Å². The van der Waals surface area contributed by atoms with Crippen molar-refractivity contribution in [3.63, 3.8) is 0 Å². The normalized spacial score (nSPS) is 11.4. The Kier molecular flexibility index (Phi) is 3.51. The van der Waals surface area contributed by atoms with Crippen molar-refractivity contribution in [1.82, 2.24) is 0 Å². The zero-order chi connectivity index (χ0) is 14.0. The Bertz CT molecular complexity index is 588. The van der Waals surface area contributed by atoms with Gasteiger partial charge in [0.05, 0.1) is 12.7 Å². The molecule has 0 bridgehead atoms. The minimum Gasteiger partial charge on any atom is -0.497 e. The zero-order valence-electron chi connectivity index (χ0n) is 10.6. The molecule has 0 aliphatic rings. The Morgan fingerprint density at radius 1 is 0.947 bits per heavy atom. The van der Waals surface area contributed by atoms with Crippen LogP contribution in [0, 0.1) is 6.92 Å². The van der Waals surface area contributed by atoms with Gasteiger partial charge in [0.15, 0.2) is 0 Å². The smallest absolute Gasteiger partial charge is 0.417 e. The van der Waals surface area contributed by atoms with Gasteiger partial charge in [0.2, 0.25) is 0 Å². The summed E-state index contributed by atoms with van der Waals surface area (Å²) in [6.45, 7) is 1.77. The van der Waals surface area contributed by atoms with E-state index >= 15 is 0 Å². The molecule has 0 unspecified atom stereocenters. The van der Waals surface area contributed by atoms with Crippen LogP contribution in [0.5, 0.6) is 5.75 Å². The Morgan fingerprint density at radius 3 is 2.21 bits per heavy atom. The lowest BCUT2D eigenvalue weighted by Gasteiger charge is -2.15. The van der Waals surface area contributed by atoms with Crippen LogP contribution in [0.15, 0.2) is 42.5 Å². The molecule has 0 saturated carbocycles. The third kappa shape index (κ3) is 2.72. The summed E-state index contributed by atoms with van der Waals surface area (Å²) < 4.78 is 44.0. The van der Waals surface area contributed by atoms with Crippen LogP contribution in [-0.2, 0) is 6.18 Å². The average molecular weight is 266 g/mol. The minimum absolute atomic E-state index is 0.190. The molecule has 0 aromatic heterocycles. The molecule has 2 aromatic rings. The van der Waals surface area contributed by atoms with Gasteiger partial charge < -0.3 is 4.74 Å². The third-order valence-corrected chi connectivity index (χ3v) is 2.96. The van der Waals surface area contributed by atoms with Gasteiger partial charge in [0.25, 0.3) is 0 Å². The van der Waals surface area contributed by atoms with Crippen molar-refractivity contribution in [3.8, 4) is 16.9 Å². The van der Waals surface area contributed by atoms with Gasteiger partial charge in [-0.15, -0.1) is 0 Å². The topological polar surface area (TPSA) is 9.23 Å². The first-order valence-corrected chi connectivity index (χ1v) is 5.74. The van der Waals surface area contributed by atoms with Crippen LogP contribution in [0.2, 0.25) is 0 Å². The maximum atomic E-state index is 13.0. The van der Waals surface area contributed by atoms with E-state index in [0.717, 1.165) is 11.6 Å². The summed E-state index contributed by atoms with van der Waals surface area (Å²) in [7, 11) is 1.53. The SMILES string of the molecule is COc1ccc(-c2ccccc2C(F)(F)F)c(C)c1. The highest BCUT2D eigenvalue weighted by Crippen LogP contribution is 2.38. The maximum Gasteiger partial charge on any atom is 0.417 e. The quantitative estimate of drug-likeness (QED) is 0.766. The van der Waals surface area contributed by atoms with Gasteiger partial charge in [-0.05, 0) is 41.8 Å². The van der Waals surface area contributed by atoms with Crippen LogP contribution < -0.4 is 4.74 Å². The van der Waals surface area contributed by atoms with Crippen molar-refractivity contribution in [2.24, 2.45) is 0 Å². The third-order valence-electron chi connectivity index (χ3n) is 2.96. The second-order valence-corrected chi connectivity index (χ2v) is 4.22. The molecule has 0 fully saturated rings. The lowest BCUT2D eigenvalue weighted by atomic mass is 9.95. The molecular weight excluding hydrogens is 253 g/mol. The fraction of sp³-hybridized carbons (Fsp3) is 0.200. The lowest BCUT2D eigenvalue weighted by Crippen LogP contribution is -2.07. The molecule has 0 radical (unpaired) electrons. The highest BCUT2D eigenvalue weighted by atomic mass is 19.4. The van der Waals surface area contributed by atoms with Gasteiger partial charge in [0.1, 0.15) is 5.75 Å². The fourth-order valence-electron chi connectivity index (χ4n) is 2.03. The van der Waals surface area contributed by atoms with E-state index in [0.29, 0.717) is 11.3 Å². The van der Waals surface area contributed by atoms with Crippen LogP contribution in [0.3, 0.4) is 0 Å². The van der Waals surface area contributed by atoms with E-state index in [1.165, 1.54) is 19.2 Å². The fourth-order valence-corrected chi connectivity index (χ4v) is 2.03. The second kappa shape index (κ2) is 4.96. The summed E-state index contributed by atoms with van der Waals surface area (Å²) >= 11 is 0. The van der Waals surface area contributed by atoms with Crippen molar-refractivity contribution in [2.45, 2.75) is 13.1 Å². The number of rotatable bonds is 2. The van der Waals surface area contributed by atoms with E-state index in [1.807, 2.05) is 0 Å². The number of alkyl halides is 3. The van der Waals surface area contributed by atoms with Gasteiger partial charge in [-0.1, -0.05) is 24.3 Å². The molecule has 0 amide bonds. The van der Waals surface area contributed by atoms with E-state index in [1.54, 1.807) is 31.2 Å². The zero-order valence-corrected chi connectivity index (χ0v) is 10.6. The molecule has 19 heavy (non-hydrogen) atoms. The molecule has 0 spiro atoms. The first kappa shape index (κ1) is 13.5. The van der Waals surface area contributed by atoms with Crippen molar-refractivity contribution in [3.05, 3.63) is 53.6 Å². The van der Waals surface area contributed by atoms with Crippen molar-refractivity contribution in [2.75, 3.05) is 7.11 Å². The Morgan fingerprint density at radius 2 is 1.63 bits per heavy atom. The molecule has 0 aliphatic carbocycles. The Labute approximate surface area is 109 Å². The Balaban J connectivity index is 2.60. The molecule has 1 nitrogen and oxygen atoms in total. The molecule has 0 aliphatic heterocycles. The molecule has 2 aromatic carbocycles. The standard InChI is InChI=1S/C15H13F3O/c1-10-9-11(19-2)7-8-12(10)13-5-3-4-6-14(13)15(16,17)18/h3-9H,1-2H3. The number of halogens is 3.